The highest BCUT2D eigenvalue weighted by molar-refractivity contribution is 5.72. The maximum Gasteiger partial charge on any atom is 0.152 e. The SMILES string of the molecule is CNc1nccnc1-c1cc(F)cc(C#N)c1. The molecular weight excluding hydrogens is 219 g/mol. The third kappa shape index (κ3) is 2.21. The maximum atomic E-state index is 13.3. The van der Waals surface area contributed by atoms with Crippen LogP contribution in [0.2, 0.25) is 0 Å². The normalized spacial score (nSPS) is 9.71. The molecule has 2 rings (SSSR count). The second kappa shape index (κ2) is 4.58. The van der Waals surface area contributed by atoms with E-state index in [9.17, 15) is 4.39 Å². The smallest absolute Gasteiger partial charge is 0.152 e. The Balaban J connectivity index is 2.60. The second-order valence-electron chi connectivity index (χ2n) is 3.34. The van der Waals surface area contributed by atoms with Crippen LogP contribution in [0.3, 0.4) is 0 Å². The number of benzene rings is 1. The van der Waals surface area contributed by atoms with Crippen molar-refractivity contribution in [1.82, 2.24) is 9.97 Å². The largest absolute Gasteiger partial charge is 0.371 e. The standard InChI is InChI=1S/C12H9FN4/c1-15-12-11(16-2-3-17-12)9-4-8(7-14)5-10(13)6-9/h2-6H,1H3,(H,15,17). The minimum atomic E-state index is -0.466. The van der Waals surface area contributed by atoms with Crippen LogP contribution in [0.4, 0.5) is 10.2 Å². The van der Waals surface area contributed by atoms with Crippen LogP contribution in [0.1, 0.15) is 5.56 Å². The molecule has 0 aliphatic heterocycles. The Bertz CT molecular complexity index is 589. The first-order valence-electron chi connectivity index (χ1n) is 4.94. The Morgan fingerprint density at radius 2 is 2.00 bits per heavy atom. The summed E-state index contributed by atoms with van der Waals surface area (Å²) < 4.78 is 13.3. The first-order valence-corrected chi connectivity index (χ1v) is 4.94. The molecule has 0 fully saturated rings. The van der Waals surface area contributed by atoms with E-state index in [0.29, 0.717) is 17.1 Å². The summed E-state index contributed by atoms with van der Waals surface area (Å²) in [5, 5.41) is 11.7. The van der Waals surface area contributed by atoms with Crippen molar-refractivity contribution in [3.05, 3.63) is 42.0 Å². The van der Waals surface area contributed by atoms with Gasteiger partial charge in [-0.15, -0.1) is 0 Å². The monoisotopic (exact) mass is 228 g/mol. The molecule has 0 unspecified atom stereocenters. The summed E-state index contributed by atoms with van der Waals surface area (Å²) in [6, 6.07) is 5.99. The van der Waals surface area contributed by atoms with Gasteiger partial charge in [0.25, 0.3) is 0 Å². The molecule has 4 nitrogen and oxygen atoms in total. The summed E-state index contributed by atoms with van der Waals surface area (Å²) in [6.07, 6.45) is 3.06. The molecule has 1 aromatic heterocycles. The molecule has 0 radical (unpaired) electrons. The van der Waals surface area contributed by atoms with E-state index in [0.717, 1.165) is 0 Å². The quantitative estimate of drug-likeness (QED) is 0.855. The molecule has 1 N–H and O–H groups in total. The fraction of sp³-hybridized carbons (Fsp3) is 0.0833. The molecule has 0 atom stereocenters. The lowest BCUT2D eigenvalue weighted by molar-refractivity contribution is 0.628. The van der Waals surface area contributed by atoms with Gasteiger partial charge in [-0.25, -0.2) is 9.37 Å². The zero-order valence-electron chi connectivity index (χ0n) is 9.11. The Kier molecular flexibility index (Phi) is 2.97. The number of anilines is 1. The highest BCUT2D eigenvalue weighted by atomic mass is 19.1. The van der Waals surface area contributed by atoms with Crippen LogP contribution in [0.15, 0.2) is 30.6 Å². The summed E-state index contributed by atoms with van der Waals surface area (Å²) in [5.74, 6) is 0.0775. The van der Waals surface area contributed by atoms with Crippen LogP contribution in [0.5, 0.6) is 0 Å². The summed E-state index contributed by atoms with van der Waals surface area (Å²) in [7, 11) is 1.71. The topological polar surface area (TPSA) is 61.6 Å². The highest BCUT2D eigenvalue weighted by Gasteiger charge is 2.09. The number of hydrogen-bond donors (Lipinski definition) is 1. The molecule has 5 heteroatoms. The summed E-state index contributed by atoms with van der Waals surface area (Å²) in [5.41, 5.74) is 1.30. The van der Waals surface area contributed by atoms with Crippen molar-refractivity contribution >= 4 is 5.82 Å². The third-order valence-corrected chi connectivity index (χ3v) is 2.24. The van der Waals surface area contributed by atoms with Crippen molar-refractivity contribution in [1.29, 1.82) is 5.26 Å². The van der Waals surface area contributed by atoms with E-state index >= 15 is 0 Å². The number of nitrogens with one attached hydrogen (secondary N) is 1. The van der Waals surface area contributed by atoms with Gasteiger partial charge in [0.15, 0.2) is 5.82 Å². The minimum Gasteiger partial charge on any atom is -0.371 e. The van der Waals surface area contributed by atoms with Crippen molar-refractivity contribution in [2.24, 2.45) is 0 Å². The molecule has 0 amide bonds. The molecule has 17 heavy (non-hydrogen) atoms. The molecule has 0 saturated carbocycles. The second-order valence-corrected chi connectivity index (χ2v) is 3.34. The zero-order chi connectivity index (χ0) is 12.3. The Hall–Kier alpha value is -2.48. The minimum absolute atomic E-state index is 0.257. The summed E-state index contributed by atoms with van der Waals surface area (Å²) in [4.78, 5) is 8.21. The molecule has 1 heterocycles. The van der Waals surface area contributed by atoms with Crippen LogP contribution >= 0.6 is 0 Å². The van der Waals surface area contributed by atoms with E-state index in [2.05, 4.69) is 15.3 Å². The van der Waals surface area contributed by atoms with E-state index in [4.69, 9.17) is 5.26 Å². The van der Waals surface area contributed by atoms with Crippen molar-refractivity contribution in [3.8, 4) is 17.3 Å². The Labute approximate surface area is 97.8 Å². The third-order valence-electron chi connectivity index (χ3n) is 2.24. The van der Waals surface area contributed by atoms with Gasteiger partial charge in [0.05, 0.1) is 11.6 Å². The van der Waals surface area contributed by atoms with Gasteiger partial charge in [0.2, 0.25) is 0 Å². The van der Waals surface area contributed by atoms with Gasteiger partial charge < -0.3 is 5.32 Å². The van der Waals surface area contributed by atoms with E-state index < -0.39 is 5.82 Å². The van der Waals surface area contributed by atoms with E-state index in [1.165, 1.54) is 18.3 Å². The molecule has 1 aromatic carbocycles. The fourth-order valence-corrected chi connectivity index (χ4v) is 1.52. The first kappa shape index (κ1) is 11.0. The number of rotatable bonds is 2. The molecular formula is C12H9FN4. The highest BCUT2D eigenvalue weighted by Crippen LogP contribution is 2.24. The lowest BCUT2D eigenvalue weighted by Crippen LogP contribution is -1.98. The van der Waals surface area contributed by atoms with Gasteiger partial charge in [-0.3, -0.25) is 4.98 Å². The number of nitriles is 1. The maximum absolute atomic E-state index is 13.3. The molecule has 0 aliphatic carbocycles. The Morgan fingerprint density at radius 1 is 1.24 bits per heavy atom. The number of aromatic nitrogens is 2. The van der Waals surface area contributed by atoms with E-state index in [-0.39, 0.29) is 5.56 Å². The molecule has 0 bridgehead atoms. The zero-order valence-corrected chi connectivity index (χ0v) is 9.11. The van der Waals surface area contributed by atoms with Crippen molar-refractivity contribution in [3.63, 3.8) is 0 Å². The van der Waals surface area contributed by atoms with E-state index in [1.54, 1.807) is 19.3 Å². The number of halogens is 1. The fourth-order valence-electron chi connectivity index (χ4n) is 1.52. The van der Waals surface area contributed by atoms with Crippen molar-refractivity contribution in [2.45, 2.75) is 0 Å². The number of hydrogen-bond acceptors (Lipinski definition) is 4. The molecule has 2 aromatic rings. The van der Waals surface area contributed by atoms with Gasteiger partial charge in [-0.1, -0.05) is 0 Å². The van der Waals surface area contributed by atoms with Crippen molar-refractivity contribution in [2.75, 3.05) is 12.4 Å². The first-order chi connectivity index (χ1) is 8.24. The molecule has 0 spiro atoms. The van der Waals surface area contributed by atoms with Crippen LogP contribution < -0.4 is 5.32 Å². The average molecular weight is 228 g/mol. The van der Waals surface area contributed by atoms with Gasteiger partial charge in [0, 0.05) is 25.0 Å². The van der Waals surface area contributed by atoms with Crippen LogP contribution in [0, 0.1) is 17.1 Å². The predicted octanol–water partition coefficient (Wildman–Crippen LogP) is 2.20. The summed E-state index contributed by atoms with van der Waals surface area (Å²) in [6.45, 7) is 0. The van der Waals surface area contributed by atoms with Gasteiger partial charge >= 0.3 is 0 Å². The van der Waals surface area contributed by atoms with Crippen LogP contribution in [-0.2, 0) is 0 Å². The van der Waals surface area contributed by atoms with Crippen LogP contribution in [0.25, 0.3) is 11.3 Å². The molecule has 0 aliphatic rings. The number of nitrogens with zero attached hydrogens (tertiary/aromatic N) is 3. The Morgan fingerprint density at radius 3 is 2.71 bits per heavy atom. The summed E-state index contributed by atoms with van der Waals surface area (Å²) >= 11 is 0. The van der Waals surface area contributed by atoms with Gasteiger partial charge in [0.1, 0.15) is 11.5 Å². The lowest BCUT2D eigenvalue weighted by atomic mass is 10.1. The predicted molar refractivity (Wildman–Crippen MR) is 61.7 cm³/mol. The molecule has 84 valence electrons. The average Bonchev–Trinajstić information content (AvgIpc) is 2.37. The van der Waals surface area contributed by atoms with Crippen molar-refractivity contribution < 1.29 is 4.39 Å². The van der Waals surface area contributed by atoms with Gasteiger partial charge in [-0.05, 0) is 18.2 Å². The molecule has 0 saturated heterocycles. The van der Waals surface area contributed by atoms with E-state index in [1.807, 2.05) is 6.07 Å². The van der Waals surface area contributed by atoms with Crippen LogP contribution in [-0.4, -0.2) is 17.0 Å². The van der Waals surface area contributed by atoms with Gasteiger partial charge in [-0.2, -0.15) is 5.26 Å². The lowest BCUT2D eigenvalue weighted by Gasteiger charge is -2.06.